The average molecular weight is 338 g/mol. The van der Waals surface area contributed by atoms with E-state index in [0.717, 1.165) is 10.0 Å². The van der Waals surface area contributed by atoms with Crippen LogP contribution in [0.2, 0.25) is 0 Å². The summed E-state index contributed by atoms with van der Waals surface area (Å²) in [5.41, 5.74) is -1.14. The number of H-pyrrole nitrogens is 1. The number of aromatic nitrogens is 2. The molecule has 0 saturated heterocycles. The van der Waals surface area contributed by atoms with Gasteiger partial charge in [-0.2, -0.15) is 4.98 Å². The Morgan fingerprint density at radius 1 is 1.40 bits per heavy atom. The highest BCUT2D eigenvalue weighted by atomic mass is 79.9. The molecule has 2 aromatic rings. The van der Waals surface area contributed by atoms with Gasteiger partial charge >= 0.3 is 11.2 Å². The van der Waals surface area contributed by atoms with Crippen LogP contribution in [0.25, 0.3) is 12.2 Å². The monoisotopic (exact) mass is 337 g/mol. The fraction of sp³-hybridized carbons (Fsp3) is 0. The Kier molecular flexibility index (Phi) is 3.94. The molecule has 1 heterocycles. The van der Waals surface area contributed by atoms with Gasteiger partial charge in [-0.15, -0.1) is 0 Å². The Balaban J connectivity index is 2.36. The van der Waals surface area contributed by atoms with Crippen molar-refractivity contribution in [2.75, 3.05) is 0 Å². The van der Waals surface area contributed by atoms with Gasteiger partial charge in [-0.05, 0) is 23.8 Å². The zero-order valence-electron chi connectivity index (χ0n) is 9.91. The Labute approximate surface area is 120 Å². The second kappa shape index (κ2) is 5.66. The third-order valence-corrected chi connectivity index (χ3v) is 2.85. The molecule has 20 heavy (non-hydrogen) atoms. The van der Waals surface area contributed by atoms with Crippen LogP contribution < -0.4 is 5.56 Å². The van der Waals surface area contributed by atoms with Gasteiger partial charge in [0.15, 0.2) is 0 Å². The van der Waals surface area contributed by atoms with E-state index in [2.05, 4.69) is 25.9 Å². The third kappa shape index (κ3) is 3.09. The Morgan fingerprint density at radius 2 is 2.15 bits per heavy atom. The predicted octanol–water partition coefficient (Wildman–Crippen LogP) is 2.32. The molecule has 0 bridgehead atoms. The van der Waals surface area contributed by atoms with Crippen LogP contribution in [-0.2, 0) is 0 Å². The van der Waals surface area contributed by atoms with Gasteiger partial charge in [-0.3, -0.25) is 14.9 Å². The molecular formula is C12H8BrN3O4. The first-order valence-electron chi connectivity index (χ1n) is 5.38. The van der Waals surface area contributed by atoms with E-state index < -0.39 is 22.0 Å². The number of hydrogen-bond donors (Lipinski definition) is 2. The maximum absolute atomic E-state index is 11.4. The van der Waals surface area contributed by atoms with Gasteiger partial charge in [-0.1, -0.05) is 34.1 Å². The Morgan fingerprint density at radius 3 is 2.75 bits per heavy atom. The van der Waals surface area contributed by atoms with E-state index in [1.165, 1.54) is 6.08 Å². The molecule has 0 unspecified atom stereocenters. The first-order chi connectivity index (χ1) is 9.47. The van der Waals surface area contributed by atoms with Crippen LogP contribution in [-0.4, -0.2) is 20.0 Å². The minimum atomic E-state index is -1.00. The van der Waals surface area contributed by atoms with Gasteiger partial charge in [0.25, 0.3) is 5.88 Å². The summed E-state index contributed by atoms with van der Waals surface area (Å²) in [5, 5.41) is 19.9. The van der Waals surface area contributed by atoms with Crippen LogP contribution in [0.5, 0.6) is 5.88 Å². The van der Waals surface area contributed by atoms with Crippen molar-refractivity contribution < 1.29 is 10.0 Å². The van der Waals surface area contributed by atoms with Crippen molar-refractivity contribution in [2.45, 2.75) is 0 Å². The SMILES string of the molecule is O=c1[nH]c(/C=C/c2cccc(Br)c2)nc(O)c1[N+](=O)[O-]. The minimum absolute atomic E-state index is 0.0260. The molecule has 0 amide bonds. The van der Waals surface area contributed by atoms with E-state index in [1.807, 2.05) is 24.3 Å². The van der Waals surface area contributed by atoms with Crippen molar-refractivity contribution in [1.82, 2.24) is 9.97 Å². The molecule has 1 aromatic heterocycles. The largest absolute Gasteiger partial charge is 0.488 e. The zero-order chi connectivity index (χ0) is 14.7. The van der Waals surface area contributed by atoms with Crippen LogP contribution in [0.1, 0.15) is 11.4 Å². The fourth-order valence-corrected chi connectivity index (χ4v) is 1.92. The molecule has 1 aromatic carbocycles. The second-order valence-corrected chi connectivity index (χ2v) is 4.68. The van der Waals surface area contributed by atoms with Crippen molar-refractivity contribution >= 4 is 33.8 Å². The maximum Gasteiger partial charge on any atom is 0.395 e. The molecule has 0 fully saturated rings. The molecule has 0 aliphatic carbocycles. The number of nitrogens with one attached hydrogen (secondary N) is 1. The van der Waals surface area contributed by atoms with Gasteiger partial charge in [0.1, 0.15) is 5.82 Å². The van der Waals surface area contributed by atoms with E-state index in [0.29, 0.717) is 0 Å². The summed E-state index contributed by atoms with van der Waals surface area (Å²) in [7, 11) is 0. The molecule has 7 nitrogen and oxygen atoms in total. The van der Waals surface area contributed by atoms with E-state index in [1.54, 1.807) is 6.08 Å². The normalized spacial score (nSPS) is 10.8. The van der Waals surface area contributed by atoms with Gasteiger partial charge in [-0.25, -0.2) is 0 Å². The van der Waals surface area contributed by atoms with E-state index in [-0.39, 0.29) is 5.82 Å². The molecule has 0 radical (unpaired) electrons. The summed E-state index contributed by atoms with van der Waals surface area (Å²) in [5.74, 6) is -0.884. The fourth-order valence-electron chi connectivity index (χ4n) is 1.50. The van der Waals surface area contributed by atoms with Gasteiger partial charge < -0.3 is 10.1 Å². The van der Waals surface area contributed by atoms with Crippen LogP contribution in [0, 0.1) is 10.1 Å². The smallest absolute Gasteiger partial charge is 0.395 e. The molecule has 0 saturated carbocycles. The zero-order valence-corrected chi connectivity index (χ0v) is 11.5. The van der Waals surface area contributed by atoms with Crippen LogP contribution in [0.3, 0.4) is 0 Å². The number of nitrogens with zero attached hydrogens (tertiary/aromatic N) is 2. The second-order valence-electron chi connectivity index (χ2n) is 3.77. The lowest BCUT2D eigenvalue weighted by atomic mass is 10.2. The lowest BCUT2D eigenvalue weighted by Crippen LogP contribution is -2.14. The lowest BCUT2D eigenvalue weighted by Gasteiger charge is -1.97. The minimum Gasteiger partial charge on any atom is -0.488 e. The standard InChI is InChI=1S/C12H8BrN3O4/c13-8-3-1-2-7(6-8)4-5-9-14-11(17)10(16(19)20)12(18)15-9/h1-6H,(H2,14,15,17,18)/b5-4+. The summed E-state index contributed by atoms with van der Waals surface area (Å²) in [6.45, 7) is 0. The number of aromatic amines is 1. The van der Waals surface area contributed by atoms with Crippen LogP contribution in [0.15, 0.2) is 33.5 Å². The molecule has 2 rings (SSSR count). The first kappa shape index (κ1) is 13.9. The van der Waals surface area contributed by atoms with Gasteiger partial charge in [0.05, 0.1) is 4.92 Å². The molecule has 8 heteroatoms. The summed E-state index contributed by atoms with van der Waals surface area (Å²) in [6, 6.07) is 7.34. The molecule has 0 aliphatic heterocycles. The van der Waals surface area contributed by atoms with E-state index >= 15 is 0 Å². The van der Waals surface area contributed by atoms with Crippen LogP contribution in [0.4, 0.5) is 5.69 Å². The predicted molar refractivity (Wildman–Crippen MR) is 76.2 cm³/mol. The van der Waals surface area contributed by atoms with Crippen LogP contribution >= 0.6 is 15.9 Å². The van der Waals surface area contributed by atoms with Gasteiger partial charge in [0, 0.05) is 4.47 Å². The molecule has 2 N–H and O–H groups in total. The Bertz CT molecular complexity index is 755. The molecule has 0 aliphatic rings. The summed E-state index contributed by atoms with van der Waals surface area (Å²) >= 11 is 3.31. The maximum atomic E-state index is 11.4. The van der Waals surface area contributed by atoms with Crippen molar-refractivity contribution in [3.8, 4) is 5.88 Å². The van der Waals surface area contributed by atoms with E-state index in [4.69, 9.17) is 0 Å². The molecule has 102 valence electrons. The molecule has 0 spiro atoms. The topological polar surface area (TPSA) is 109 Å². The van der Waals surface area contributed by atoms with Crippen molar-refractivity contribution in [3.63, 3.8) is 0 Å². The highest BCUT2D eigenvalue weighted by Crippen LogP contribution is 2.18. The number of rotatable bonds is 3. The van der Waals surface area contributed by atoms with Crippen molar-refractivity contribution in [3.05, 3.63) is 60.6 Å². The van der Waals surface area contributed by atoms with E-state index in [9.17, 15) is 20.0 Å². The van der Waals surface area contributed by atoms with Crippen molar-refractivity contribution in [1.29, 1.82) is 0 Å². The third-order valence-electron chi connectivity index (χ3n) is 2.36. The summed E-state index contributed by atoms with van der Waals surface area (Å²) in [6.07, 6.45) is 3.08. The molecule has 0 atom stereocenters. The molecular weight excluding hydrogens is 330 g/mol. The first-order valence-corrected chi connectivity index (χ1v) is 6.18. The van der Waals surface area contributed by atoms with Crippen molar-refractivity contribution in [2.24, 2.45) is 0 Å². The number of nitro groups is 1. The summed E-state index contributed by atoms with van der Waals surface area (Å²) < 4.78 is 0.882. The highest BCUT2D eigenvalue weighted by Gasteiger charge is 2.21. The Hall–Kier alpha value is -2.48. The highest BCUT2D eigenvalue weighted by molar-refractivity contribution is 9.10. The number of benzene rings is 1. The average Bonchev–Trinajstić information content (AvgIpc) is 2.35. The number of aromatic hydroxyl groups is 1. The number of halogens is 1. The lowest BCUT2D eigenvalue weighted by molar-refractivity contribution is -0.387. The quantitative estimate of drug-likeness (QED) is 0.659. The number of hydrogen-bond acceptors (Lipinski definition) is 5. The van der Waals surface area contributed by atoms with Gasteiger partial charge in [0.2, 0.25) is 0 Å². The summed E-state index contributed by atoms with van der Waals surface area (Å²) in [4.78, 5) is 26.7.